The lowest BCUT2D eigenvalue weighted by molar-refractivity contribution is 0.0341. The summed E-state index contributed by atoms with van der Waals surface area (Å²) in [7, 11) is 0. The van der Waals surface area contributed by atoms with Crippen LogP contribution in [0.25, 0.3) is 0 Å². The molecule has 0 unspecified atom stereocenters. The minimum absolute atomic E-state index is 0.0890. The van der Waals surface area contributed by atoms with Gasteiger partial charge in [-0.25, -0.2) is 4.79 Å². The molecule has 2 saturated heterocycles. The topological polar surface area (TPSA) is 60.1 Å². The Balaban J connectivity index is 1.09. The van der Waals surface area contributed by atoms with Crippen molar-refractivity contribution in [3.05, 3.63) is 71.3 Å². The Morgan fingerprint density at radius 3 is 2.15 bits per heavy atom. The highest BCUT2D eigenvalue weighted by Gasteiger charge is 2.17. The fourth-order valence-electron chi connectivity index (χ4n) is 4.64. The standard InChI is InChI=1S/C27H39N5O2/c33-27(29-21-25-9-4-5-10-26(25)23-32-17-19-34-20-18-32)28-11-6-12-30-13-15-31(16-14-30)22-24-7-2-1-3-8-24/h1-5,7-10H,6,11-23H2,(H2,28,29,33). The molecule has 7 nitrogen and oxygen atoms in total. The Kier molecular flexibility index (Phi) is 9.75. The first-order valence-corrected chi connectivity index (χ1v) is 12.6. The minimum Gasteiger partial charge on any atom is -0.379 e. The van der Waals surface area contributed by atoms with Gasteiger partial charge in [-0.3, -0.25) is 9.80 Å². The number of nitrogens with one attached hydrogen (secondary N) is 2. The predicted octanol–water partition coefficient (Wildman–Crippen LogP) is 2.53. The Morgan fingerprint density at radius 2 is 1.38 bits per heavy atom. The Hall–Kier alpha value is -2.45. The number of hydrogen-bond acceptors (Lipinski definition) is 5. The van der Waals surface area contributed by atoms with E-state index >= 15 is 0 Å². The first-order chi connectivity index (χ1) is 16.8. The van der Waals surface area contributed by atoms with E-state index in [1.54, 1.807) is 0 Å². The number of rotatable bonds is 10. The number of piperazine rings is 1. The molecular formula is C27H39N5O2. The number of urea groups is 1. The monoisotopic (exact) mass is 465 g/mol. The van der Waals surface area contributed by atoms with Gasteiger partial charge in [-0.15, -0.1) is 0 Å². The molecule has 2 heterocycles. The second-order valence-corrected chi connectivity index (χ2v) is 9.22. The van der Waals surface area contributed by atoms with Gasteiger partial charge in [-0.2, -0.15) is 0 Å². The third kappa shape index (κ3) is 8.09. The van der Waals surface area contributed by atoms with Gasteiger partial charge < -0.3 is 20.3 Å². The van der Waals surface area contributed by atoms with Crippen molar-refractivity contribution >= 4 is 6.03 Å². The van der Waals surface area contributed by atoms with Crippen molar-refractivity contribution in [3.8, 4) is 0 Å². The van der Waals surface area contributed by atoms with Crippen LogP contribution >= 0.6 is 0 Å². The summed E-state index contributed by atoms with van der Waals surface area (Å²) in [5.41, 5.74) is 3.84. The third-order valence-corrected chi connectivity index (χ3v) is 6.71. The Morgan fingerprint density at radius 1 is 0.735 bits per heavy atom. The maximum Gasteiger partial charge on any atom is 0.315 e. The zero-order valence-electron chi connectivity index (χ0n) is 20.3. The highest BCUT2D eigenvalue weighted by Crippen LogP contribution is 2.13. The van der Waals surface area contributed by atoms with Crippen LogP contribution in [0.2, 0.25) is 0 Å². The van der Waals surface area contributed by atoms with Gasteiger partial charge in [-0.1, -0.05) is 54.6 Å². The molecule has 34 heavy (non-hydrogen) atoms. The smallest absolute Gasteiger partial charge is 0.315 e. The van der Waals surface area contributed by atoms with E-state index in [1.165, 1.54) is 16.7 Å². The molecule has 2 aliphatic heterocycles. The average Bonchev–Trinajstić information content (AvgIpc) is 2.88. The number of carbonyl (C=O) groups is 1. The summed E-state index contributed by atoms with van der Waals surface area (Å²) >= 11 is 0. The maximum absolute atomic E-state index is 12.3. The summed E-state index contributed by atoms with van der Waals surface area (Å²) in [6.45, 7) is 12.1. The summed E-state index contributed by atoms with van der Waals surface area (Å²) in [6, 6.07) is 19.0. The second kappa shape index (κ2) is 13.4. The van der Waals surface area contributed by atoms with Crippen molar-refractivity contribution in [1.29, 1.82) is 0 Å². The Bertz CT molecular complexity index is 864. The van der Waals surface area contributed by atoms with Crippen LogP contribution in [0.1, 0.15) is 23.1 Å². The van der Waals surface area contributed by atoms with Gasteiger partial charge in [0.05, 0.1) is 13.2 Å². The van der Waals surface area contributed by atoms with E-state index in [1.807, 2.05) is 6.07 Å². The van der Waals surface area contributed by atoms with E-state index in [4.69, 9.17) is 4.74 Å². The molecule has 4 rings (SSSR count). The van der Waals surface area contributed by atoms with Gasteiger partial charge in [0.15, 0.2) is 0 Å². The molecule has 0 bridgehead atoms. The molecular weight excluding hydrogens is 426 g/mol. The van der Waals surface area contributed by atoms with Crippen LogP contribution in [-0.4, -0.2) is 86.3 Å². The molecule has 0 radical (unpaired) electrons. The SMILES string of the molecule is O=C(NCCCN1CCN(Cc2ccccc2)CC1)NCc1ccccc1CN1CCOCC1. The minimum atomic E-state index is -0.0890. The van der Waals surface area contributed by atoms with Crippen molar-refractivity contribution in [1.82, 2.24) is 25.3 Å². The molecule has 0 spiro atoms. The van der Waals surface area contributed by atoms with Gasteiger partial charge in [0.25, 0.3) is 0 Å². The lowest BCUT2D eigenvalue weighted by atomic mass is 10.1. The van der Waals surface area contributed by atoms with Crippen LogP contribution in [0.3, 0.4) is 0 Å². The number of amides is 2. The molecule has 0 saturated carbocycles. The fourth-order valence-corrected chi connectivity index (χ4v) is 4.64. The average molecular weight is 466 g/mol. The quantitative estimate of drug-likeness (QED) is 0.528. The highest BCUT2D eigenvalue weighted by molar-refractivity contribution is 5.73. The van der Waals surface area contributed by atoms with Crippen LogP contribution < -0.4 is 10.6 Å². The van der Waals surface area contributed by atoms with Gasteiger partial charge in [0.2, 0.25) is 0 Å². The first kappa shape index (κ1) is 24.7. The fraction of sp³-hybridized carbons (Fsp3) is 0.519. The third-order valence-electron chi connectivity index (χ3n) is 6.71. The molecule has 2 fully saturated rings. The number of morpholine rings is 1. The molecule has 0 atom stereocenters. The molecule has 184 valence electrons. The zero-order chi connectivity index (χ0) is 23.4. The summed E-state index contributed by atoms with van der Waals surface area (Å²) in [4.78, 5) is 19.7. The first-order valence-electron chi connectivity index (χ1n) is 12.6. The lowest BCUT2D eigenvalue weighted by Gasteiger charge is -2.34. The molecule has 2 amide bonds. The van der Waals surface area contributed by atoms with E-state index in [0.29, 0.717) is 13.1 Å². The van der Waals surface area contributed by atoms with E-state index in [-0.39, 0.29) is 6.03 Å². The molecule has 0 aromatic heterocycles. The van der Waals surface area contributed by atoms with E-state index < -0.39 is 0 Å². The van der Waals surface area contributed by atoms with Crippen molar-refractivity contribution in [3.63, 3.8) is 0 Å². The molecule has 2 aromatic carbocycles. The van der Waals surface area contributed by atoms with Gasteiger partial charge in [0.1, 0.15) is 0 Å². The van der Waals surface area contributed by atoms with Crippen molar-refractivity contribution < 1.29 is 9.53 Å². The van der Waals surface area contributed by atoms with Crippen molar-refractivity contribution in [2.75, 3.05) is 65.6 Å². The molecule has 2 aliphatic rings. The summed E-state index contributed by atoms with van der Waals surface area (Å²) in [5, 5.41) is 6.05. The lowest BCUT2D eigenvalue weighted by Crippen LogP contribution is -2.46. The van der Waals surface area contributed by atoms with Crippen LogP contribution in [-0.2, 0) is 24.4 Å². The van der Waals surface area contributed by atoms with Crippen molar-refractivity contribution in [2.24, 2.45) is 0 Å². The summed E-state index contributed by atoms with van der Waals surface area (Å²) in [5.74, 6) is 0. The van der Waals surface area contributed by atoms with Crippen LogP contribution in [0.4, 0.5) is 4.79 Å². The molecule has 2 aromatic rings. The number of hydrogen-bond donors (Lipinski definition) is 2. The van der Waals surface area contributed by atoms with Crippen LogP contribution in [0.5, 0.6) is 0 Å². The van der Waals surface area contributed by atoms with E-state index in [9.17, 15) is 4.79 Å². The van der Waals surface area contributed by atoms with E-state index in [2.05, 4.69) is 73.9 Å². The number of carbonyl (C=O) groups excluding carboxylic acids is 1. The summed E-state index contributed by atoms with van der Waals surface area (Å²) < 4.78 is 5.45. The van der Waals surface area contributed by atoms with Crippen LogP contribution in [0.15, 0.2) is 54.6 Å². The predicted molar refractivity (Wildman–Crippen MR) is 136 cm³/mol. The van der Waals surface area contributed by atoms with E-state index in [0.717, 1.165) is 78.5 Å². The van der Waals surface area contributed by atoms with Crippen LogP contribution in [0, 0.1) is 0 Å². The largest absolute Gasteiger partial charge is 0.379 e. The zero-order valence-corrected chi connectivity index (χ0v) is 20.3. The normalized spacial score (nSPS) is 18.0. The van der Waals surface area contributed by atoms with Crippen molar-refractivity contribution in [2.45, 2.75) is 26.1 Å². The number of nitrogens with zero attached hydrogens (tertiary/aromatic N) is 3. The molecule has 0 aliphatic carbocycles. The highest BCUT2D eigenvalue weighted by atomic mass is 16.5. The van der Waals surface area contributed by atoms with Gasteiger partial charge >= 0.3 is 6.03 Å². The number of ether oxygens (including phenoxy) is 1. The molecule has 7 heteroatoms. The maximum atomic E-state index is 12.3. The summed E-state index contributed by atoms with van der Waals surface area (Å²) in [6.07, 6.45) is 0.972. The van der Waals surface area contributed by atoms with Gasteiger partial charge in [0, 0.05) is 65.4 Å². The Labute approximate surface area is 204 Å². The molecule has 2 N–H and O–H groups in total. The number of benzene rings is 2. The second-order valence-electron chi connectivity index (χ2n) is 9.22. The van der Waals surface area contributed by atoms with Gasteiger partial charge in [-0.05, 0) is 29.7 Å².